The largest absolute Gasteiger partial charge is 0.389 e. The Kier molecular flexibility index (Phi) is 5.68. The summed E-state index contributed by atoms with van der Waals surface area (Å²) in [6, 6.07) is 18.9. The summed E-state index contributed by atoms with van der Waals surface area (Å²) in [4.78, 5) is 0. The Bertz CT molecular complexity index is 800. The number of hydrogen-bond donors (Lipinski definition) is 2. The first-order valence-corrected chi connectivity index (χ1v) is 8.69. The first kappa shape index (κ1) is 16.7. The van der Waals surface area contributed by atoms with Crippen molar-refractivity contribution in [1.82, 2.24) is 0 Å². The molecule has 0 aliphatic rings. The predicted octanol–water partition coefficient (Wildman–Crippen LogP) is 4.58. The Labute approximate surface area is 143 Å². The van der Waals surface area contributed by atoms with Gasteiger partial charge in [0.2, 0.25) is 0 Å². The van der Waals surface area contributed by atoms with Crippen molar-refractivity contribution in [2.24, 2.45) is 0 Å². The van der Waals surface area contributed by atoms with Crippen LogP contribution < -0.4 is 5.32 Å². The van der Waals surface area contributed by atoms with Gasteiger partial charge in [0, 0.05) is 24.2 Å². The lowest BCUT2D eigenvalue weighted by Gasteiger charge is -2.16. The molecule has 0 bridgehead atoms. The zero-order valence-corrected chi connectivity index (χ0v) is 14.2. The van der Waals surface area contributed by atoms with Crippen LogP contribution >= 0.6 is 0 Å². The van der Waals surface area contributed by atoms with Crippen LogP contribution in [0, 0.1) is 0 Å². The van der Waals surface area contributed by atoms with Gasteiger partial charge >= 0.3 is 0 Å². The minimum absolute atomic E-state index is 0.374. The van der Waals surface area contributed by atoms with Gasteiger partial charge in [0.25, 0.3) is 0 Å². The van der Waals surface area contributed by atoms with Crippen LogP contribution in [-0.2, 0) is 4.74 Å². The SMILES string of the molecule is CCCCOCC(O)CNc1cc2ccccc2c2ccccc12. The number of rotatable bonds is 8. The van der Waals surface area contributed by atoms with E-state index in [4.69, 9.17) is 4.74 Å². The topological polar surface area (TPSA) is 41.5 Å². The molecule has 24 heavy (non-hydrogen) atoms. The van der Waals surface area contributed by atoms with Crippen LogP contribution in [0.25, 0.3) is 21.5 Å². The number of ether oxygens (including phenoxy) is 1. The van der Waals surface area contributed by atoms with E-state index in [1.807, 2.05) is 6.07 Å². The monoisotopic (exact) mass is 323 g/mol. The maximum Gasteiger partial charge on any atom is 0.0945 e. The Morgan fingerprint density at radius 3 is 2.50 bits per heavy atom. The van der Waals surface area contributed by atoms with Crippen molar-refractivity contribution >= 4 is 27.2 Å². The summed E-state index contributed by atoms with van der Waals surface area (Å²) < 4.78 is 5.49. The zero-order chi connectivity index (χ0) is 16.8. The lowest BCUT2D eigenvalue weighted by molar-refractivity contribution is 0.0422. The summed E-state index contributed by atoms with van der Waals surface area (Å²) in [6.45, 7) is 3.70. The molecule has 0 saturated heterocycles. The third kappa shape index (κ3) is 3.86. The van der Waals surface area contributed by atoms with E-state index in [-0.39, 0.29) is 0 Å². The molecule has 2 N–H and O–H groups in total. The molecule has 0 amide bonds. The fraction of sp³-hybridized carbons (Fsp3) is 0.333. The van der Waals surface area contributed by atoms with Gasteiger partial charge in [-0.25, -0.2) is 0 Å². The van der Waals surface area contributed by atoms with Crippen LogP contribution in [0.4, 0.5) is 5.69 Å². The van der Waals surface area contributed by atoms with E-state index in [1.54, 1.807) is 0 Å². The van der Waals surface area contributed by atoms with E-state index in [0.717, 1.165) is 18.5 Å². The van der Waals surface area contributed by atoms with E-state index in [1.165, 1.54) is 21.5 Å². The molecule has 0 radical (unpaired) electrons. The molecule has 3 aromatic carbocycles. The first-order chi connectivity index (χ1) is 11.8. The quantitative estimate of drug-likeness (QED) is 0.471. The normalized spacial score (nSPS) is 12.6. The number of hydrogen-bond acceptors (Lipinski definition) is 3. The highest BCUT2D eigenvalue weighted by Crippen LogP contribution is 2.31. The highest BCUT2D eigenvalue weighted by atomic mass is 16.5. The highest BCUT2D eigenvalue weighted by Gasteiger charge is 2.08. The van der Waals surface area contributed by atoms with Crippen molar-refractivity contribution in [1.29, 1.82) is 0 Å². The van der Waals surface area contributed by atoms with E-state index in [0.29, 0.717) is 19.8 Å². The fourth-order valence-corrected chi connectivity index (χ4v) is 2.95. The van der Waals surface area contributed by atoms with E-state index >= 15 is 0 Å². The predicted molar refractivity (Wildman–Crippen MR) is 102 cm³/mol. The molecular weight excluding hydrogens is 298 g/mol. The third-order valence-corrected chi connectivity index (χ3v) is 4.25. The summed E-state index contributed by atoms with van der Waals surface area (Å²) in [5.74, 6) is 0. The number of fused-ring (bicyclic) bond motifs is 3. The maximum absolute atomic E-state index is 10.1. The van der Waals surface area contributed by atoms with Crippen molar-refractivity contribution in [3.8, 4) is 0 Å². The number of unbranched alkanes of at least 4 members (excludes halogenated alkanes) is 1. The molecular formula is C21H25NO2. The average Bonchev–Trinajstić information content (AvgIpc) is 2.63. The Hall–Kier alpha value is -2.10. The van der Waals surface area contributed by atoms with Gasteiger partial charge in [-0.15, -0.1) is 0 Å². The van der Waals surface area contributed by atoms with Crippen LogP contribution in [0.2, 0.25) is 0 Å². The molecule has 0 aliphatic heterocycles. The molecule has 0 fully saturated rings. The van der Waals surface area contributed by atoms with E-state index in [9.17, 15) is 5.11 Å². The molecule has 3 aromatic rings. The summed E-state index contributed by atoms with van der Waals surface area (Å²) in [5, 5.41) is 18.4. The van der Waals surface area contributed by atoms with Crippen molar-refractivity contribution < 1.29 is 9.84 Å². The Morgan fingerprint density at radius 2 is 1.71 bits per heavy atom. The number of nitrogens with one attached hydrogen (secondary N) is 1. The van der Waals surface area contributed by atoms with E-state index < -0.39 is 6.10 Å². The van der Waals surface area contributed by atoms with Gasteiger partial charge in [-0.3, -0.25) is 0 Å². The van der Waals surface area contributed by atoms with Crippen LogP contribution in [0.3, 0.4) is 0 Å². The van der Waals surface area contributed by atoms with Gasteiger partial charge in [-0.05, 0) is 28.6 Å². The number of aliphatic hydroxyl groups is 1. The third-order valence-electron chi connectivity index (χ3n) is 4.25. The molecule has 3 nitrogen and oxygen atoms in total. The van der Waals surface area contributed by atoms with Gasteiger partial charge in [0.1, 0.15) is 0 Å². The second-order valence-electron chi connectivity index (χ2n) is 6.15. The van der Waals surface area contributed by atoms with Crippen molar-refractivity contribution in [2.45, 2.75) is 25.9 Å². The van der Waals surface area contributed by atoms with Gasteiger partial charge in [0.05, 0.1) is 12.7 Å². The molecule has 0 aromatic heterocycles. The molecule has 0 heterocycles. The van der Waals surface area contributed by atoms with Gasteiger partial charge in [0.15, 0.2) is 0 Å². The van der Waals surface area contributed by atoms with Gasteiger partial charge in [-0.2, -0.15) is 0 Å². The molecule has 0 saturated carbocycles. The zero-order valence-electron chi connectivity index (χ0n) is 14.2. The highest BCUT2D eigenvalue weighted by molar-refractivity contribution is 6.12. The van der Waals surface area contributed by atoms with Gasteiger partial charge < -0.3 is 15.2 Å². The average molecular weight is 323 g/mol. The summed E-state index contributed by atoms with van der Waals surface area (Å²) >= 11 is 0. The number of benzene rings is 3. The standard InChI is InChI=1S/C21H25NO2/c1-2-3-12-24-15-17(23)14-22-21-13-16-8-4-5-9-18(16)19-10-6-7-11-20(19)21/h4-11,13,17,22-23H,2-3,12,14-15H2,1H3. The van der Waals surface area contributed by atoms with Crippen LogP contribution in [-0.4, -0.2) is 31.0 Å². The van der Waals surface area contributed by atoms with Crippen molar-refractivity contribution in [3.05, 3.63) is 54.6 Å². The van der Waals surface area contributed by atoms with Crippen LogP contribution in [0.1, 0.15) is 19.8 Å². The smallest absolute Gasteiger partial charge is 0.0945 e. The first-order valence-electron chi connectivity index (χ1n) is 8.69. The Balaban J connectivity index is 1.76. The molecule has 0 spiro atoms. The minimum atomic E-state index is -0.507. The fourth-order valence-electron chi connectivity index (χ4n) is 2.95. The van der Waals surface area contributed by atoms with Gasteiger partial charge in [-0.1, -0.05) is 61.9 Å². The molecule has 1 atom stereocenters. The molecule has 126 valence electrons. The maximum atomic E-state index is 10.1. The molecule has 1 unspecified atom stereocenters. The number of aliphatic hydroxyl groups excluding tert-OH is 1. The Morgan fingerprint density at radius 1 is 1.00 bits per heavy atom. The van der Waals surface area contributed by atoms with Crippen molar-refractivity contribution in [2.75, 3.05) is 25.1 Å². The lowest BCUT2D eigenvalue weighted by atomic mass is 10.0. The summed E-state index contributed by atoms with van der Waals surface area (Å²) in [6.07, 6.45) is 1.64. The molecule has 3 rings (SSSR count). The molecule has 0 aliphatic carbocycles. The second-order valence-corrected chi connectivity index (χ2v) is 6.15. The number of anilines is 1. The minimum Gasteiger partial charge on any atom is -0.389 e. The molecule has 3 heteroatoms. The second kappa shape index (κ2) is 8.13. The van der Waals surface area contributed by atoms with Crippen molar-refractivity contribution in [3.63, 3.8) is 0 Å². The summed E-state index contributed by atoms with van der Waals surface area (Å²) in [7, 11) is 0. The van der Waals surface area contributed by atoms with Crippen LogP contribution in [0.5, 0.6) is 0 Å². The van der Waals surface area contributed by atoms with Crippen LogP contribution in [0.15, 0.2) is 54.6 Å². The lowest BCUT2D eigenvalue weighted by Crippen LogP contribution is -2.25. The summed E-state index contributed by atoms with van der Waals surface area (Å²) in [5.41, 5.74) is 1.05. The van der Waals surface area contributed by atoms with E-state index in [2.05, 4.69) is 60.8 Å².